The Labute approximate surface area is 107 Å². The van der Waals surface area contributed by atoms with E-state index in [0.29, 0.717) is 10.9 Å². The van der Waals surface area contributed by atoms with E-state index in [1.165, 1.54) is 25.3 Å². The third-order valence-corrected chi connectivity index (χ3v) is 2.73. The van der Waals surface area contributed by atoms with Gasteiger partial charge in [-0.1, -0.05) is 0 Å². The minimum atomic E-state index is -4.49. The van der Waals surface area contributed by atoms with Crippen LogP contribution in [0.25, 0.3) is 10.9 Å². The molecule has 0 bridgehead atoms. The smallest absolute Gasteiger partial charge is 0.433 e. The Balaban J connectivity index is 2.63. The summed E-state index contributed by atoms with van der Waals surface area (Å²) in [5, 5.41) is 0.496. The summed E-state index contributed by atoms with van der Waals surface area (Å²) < 4.78 is 42.4. The molecule has 0 amide bonds. The lowest BCUT2D eigenvalue weighted by Gasteiger charge is -2.10. The first-order valence-corrected chi connectivity index (χ1v) is 5.40. The molecule has 19 heavy (non-hydrogen) atoms. The molecule has 0 aliphatic heterocycles. The van der Waals surface area contributed by atoms with Crippen LogP contribution in [0.2, 0.25) is 0 Å². The molecule has 1 aromatic heterocycles. The van der Waals surface area contributed by atoms with E-state index in [0.717, 1.165) is 6.07 Å². The minimum absolute atomic E-state index is 0.194. The first-order valence-electron chi connectivity index (χ1n) is 5.40. The molecular weight excluding hydrogens is 259 g/mol. The van der Waals surface area contributed by atoms with Crippen LogP contribution in [0.15, 0.2) is 24.3 Å². The number of hydrogen-bond acceptors (Lipinski definition) is 3. The van der Waals surface area contributed by atoms with Crippen molar-refractivity contribution < 1.29 is 22.7 Å². The molecular formula is C13H10F3NO2. The van der Waals surface area contributed by atoms with E-state index < -0.39 is 17.8 Å². The summed E-state index contributed by atoms with van der Waals surface area (Å²) in [5.41, 5.74) is -0.0639. The van der Waals surface area contributed by atoms with Gasteiger partial charge < -0.3 is 4.74 Å². The predicted octanol–water partition coefficient (Wildman–Crippen LogP) is 3.35. The first-order chi connectivity index (χ1) is 8.82. The molecule has 3 nitrogen and oxygen atoms in total. The fraction of sp³-hybridized carbons (Fsp3) is 0.231. The number of hydrogen-bond donors (Lipinski definition) is 0. The van der Waals surface area contributed by atoms with Gasteiger partial charge in [0.1, 0.15) is 5.69 Å². The quantitative estimate of drug-likeness (QED) is 0.745. The Morgan fingerprint density at radius 1 is 1.26 bits per heavy atom. The monoisotopic (exact) mass is 269 g/mol. The predicted molar refractivity (Wildman–Crippen MR) is 62.8 cm³/mol. The van der Waals surface area contributed by atoms with Crippen molar-refractivity contribution in [2.75, 3.05) is 7.11 Å². The number of fused-ring (bicyclic) bond motifs is 1. The number of carbonyl (C=O) groups excluding carboxylic acids is 1. The first kappa shape index (κ1) is 13.3. The number of esters is 1. The SMILES string of the molecule is COC(=O)c1ccc2nc(C(F)(F)F)cc(C)c2c1. The summed E-state index contributed by atoms with van der Waals surface area (Å²) in [4.78, 5) is 14.9. The van der Waals surface area contributed by atoms with Crippen molar-refractivity contribution >= 4 is 16.9 Å². The largest absolute Gasteiger partial charge is 0.465 e. The zero-order chi connectivity index (χ0) is 14.2. The molecule has 0 radical (unpaired) electrons. The summed E-state index contributed by atoms with van der Waals surface area (Å²) >= 11 is 0. The summed E-state index contributed by atoms with van der Waals surface area (Å²) in [5.74, 6) is -0.541. The van der Waals surface area contributed by atoms with E-state index in [4.69, 9.17) is 0 Å². The maximum Gasteiger partial charge on any atom is 0.433 e. The van der Waals surface area contributed by atoms with E-state index in [2.05, 4.69) is 9.72 Å². The van der Waals surface area contributed by atoms with Crippen LogP contribution in [0, 0.1) is 6.92 Å². The zero-order valence-electron chi connectivity index (χ0n) is 10.2. The molecule has 0 saturated heterocycles. The van der Waals surface area contributed by atoms with Crippen LogP contribution < -0.4 is 0 Å². The van der Waals surface area contributed by atoms with Crippen LogP contribution in [0.5, 0.6) is 0 Å². The highest BCUT2D eigenvalue weighted by Crippen LogP contribution is 2.31. The van der Waals surface area contributed by atoms with Crippen molar-refractivity contribution in [2.24, 2.45) is 0 Å². The van der Waals surface area contributed by atoms with Gasteiger partial charge in [-0.2, -0.15) is 13.2 Å². The van der Waals surface area contributed by atoms with Crippen LogP contribution in [0.3, 0.4) is 0 Å². The molecule has 0 atom stereocenters. The maximum absolute atomic E-state index is 12.6. The average Bonchev–Trinajstić information content (AvgIpc) is 2.36. The Morgan fingerprint density at radius 2 is 1.95 bits per heavy atom. The summed E-state index contributed by atoms with van der Waals surface area (Å²) in [7, 11) is 1.24. The van der Waals surface area contributed by atoms with E-state index >= 15 is 0 Å². The number of ether oxygens (including phenoxy) is 1. The van der Waals surface area contributed by atoms with Gasteiger partial charge in [0.25, 0.3) is 0 Å². The van der Waals surface area contributed by atoms with E-state index in [-0.39, 0.29) is 11.1 Å². The highest BCUT2D eigenvalue weighted by Gasteiger charge is 2.33. The van der Waals surface area contributed by atoms with Gasteiger partial charge in [-0.15, -0.1) is 0 Å². The number of pyridine rings is 1. The Bertz CT molecular complexity index is 650. The summed E-state index contributed by atoms with van der Waals surface area (Å²) in [6.45, 7) is 1.54. The number of carbonyl (C=O) groups is 1. The molecule has 1 aromatic carbocycles. The number of aryl methyl sites for hydroxylation is 1. The number of nitrogens with zero attached hydrogens (tertiary/aromatic N) is 1. The lowest BCUT2D eigenvalue weighted by Crippen LogP contribution is -2.09. The number of rotatable bonds is 1. The third-order valence-electron chi connectivity index (χ3n) is 2.73. The fourth-order valence-electron chi connectivity index (χ4n) is 1.78. The van der Waals surface area contributed by atoms with Crippen molar-refractivity contribution in [2.45, 2.75) is 13.1 Å². The van der Waals surface area contributed by atoms with Gasteiger partial charge in [-0.05, 0) is 36.8 Å². The van der Waals surface area contributed by atoms with Crippen LogP contribution in [-0.2, 0) is 10.9 Å². The molecule has 0 aliphatic carbocycles. The Morgan fingerprint density at radius 3 is 2.53 bits per heavy atom. The zero-order valence-corrected chi connectivity index (χ0v) is 10.2. The second-order valence-corrected chi connectivity index (χ2v) is 4.05. The van der Waals surface area contributed by atoms with Gasteiger partial charge in [0.15, 0.2) is 0 Å². The normalized spacial score (nSPS) is 11.6. The minimum Gasteiger partial charge on any atom is -0.465 e. The van der Waals surface area contributed by atoms with Crippen molar-refractivity contribution in [3.05, 3.63) is 41.1 Å². The Kier molecular flexibility index (Phi) is 3.18. The molecule has 0 aliphatic rings. The lowest BCUT2D eigenvalue weighted by atomic mass is 10.1. The van der Waals surface area contributed by atoms with Crippen molar-refractivity contribution in [3.8, 4) is 0 Å². The molecule has 100 valence electrons. The fourth-order valence-corrected chi connectivity index (χ4v) is 1.78. The number of halogens is 3. The van der Waals surface area contributed by atoms with Crippen molar-refractivity contribution in [1.29, 1.82) is 0 Å². The van der Waals surface area contributed by atoms with E-state index in [1.807, 2.05) is 0 Å². The molecule has 1 heterocycles. The molecule has 2 aromatic rings. The van der Waals surface area contributed by atoms with Gasteiger partial charge in [0.2, 0.25) is 0 Å². The molecule has 0 saturated carbocycles. The van der Waals surface area contributed by atoms with Crippen LogP contribution in [-0.4, -0.2) is 18.1 Å². The van der Waals surface area contributed by atoms with Crippen molar-refractivity contribution in [3.63, 3.8) is 0 Å². The topological polar surface area (TPSA) is 39.2 Å². The number of benzene rings is 1. The Hall–Kier alpha value is -2.11. The number of alkyl halides is 3. The summed E-state index contributed by atoms with van der Waals surface area (Å²) in [6.07, 6.45) is -4.49. The van der Waals surface area contributed by atoms with Gasteiger partial charge in [0.05, 0.1) is 18.2 Å². The molecule has 0 spiro atoms. The highest BCUT2D eigenvalue weighted by atomic mass is 19.4. The van der Waals surface area contributed by atoms with Crippen LogP contribution in [0.1, 0.15) is 21.6 Å². The molecule has 0 unspecified atom stereocenters. The van der Waals surface area contributed by atoms with Crippen LogP contribution >= 0.6 is 0 Å². The third kappa shape index (κ3) is 2.52. The van der Waals surface area contributed by atoms with Gasteiger partial charge in [0, 0.05) is 5.39 Å². The van der Waals surface area contributed by atoms with E-state index in [9.17, 15) is 18.0 Å². The molecule has 2 rings (SSSR count). The standard InChI is InChI=1S/C13H10F3NO2/c1-7-5-11(13(14,15)16)17-10-4-3-8(6-9(7)10)12(18)19-2/h3-6H,1-2H3. The molecule has 0 fully saturated rings. The molecule has 0 N–H and O–H groups in total. The molecule has 6 heteroatoms. The van der Waals surface area contributed by atoms with Gasteiger partial charge >= 0.3 is 12.1 Å². The average molecular weight is 269 g/mol. The van der Waals surface area contributed by atoms with Crippen molar-refractivity contribution in [1.82, 2.24) is 4.98 Å². The van der Waals surface area contributed by atoms with Gasteiger partial charge in [-0.3, -0.25) is 0 Å². The number of methoxy groups -OCH3 is 1. The van der Waals surface area contributed by atoms with Gasteiger partial charge in [-0.25, -0.2) is 9.78 Å². The second-order valence-electron chi connectivity index (χ2n) is 4.05. The highest BCUT2D eigenvalue weighted by molar-refractivity contribution is 5.95. The lowest BCUT2D eigenvalue weighted by molar-refractivity contribution is -0.141. The number of aromatic nitrogens is 1. The van der Waals surface area contributed by atoms with E-state index in [1.54, 1.807) is 6.92 Å². The van der Waals surface area contributed by atoms with Crippen LogP contribution in [0.4, 0.5) is 13.2 Å². The second kappa shape index (κ2) is 4.53. The maximum atomic E-state index is 12.6. The summed E-state index contributed by atoms with van der Waals surface area (Å²) in [6, 6.07) is 5.21.